The monoisotopic (exact) mass is 240 g/mol. The molecule has 1 fully saturated rings. The van der Waals surface area contributed by atoms with Crippen LogP contribution in [0.15, 0.2) is 0 Å². The van der Waals surface area contributed by atoms with E-state index in [0.29, 0.717) is 32.5 Å². The molecule has 96 valence electrons. The highest BCUT2D eigenvalue weighted by Gasteiger charge is 2.33. The fourth-order valence-electron chi connectivity index (χ4n) is 2.02. The van der Waals surface area contributed by atoms with Gasteiger partial charge >= 0.3 is 0 Å². The Hall–Kier alpha value is -1.12. The quantitative estimate of drug-likeness (QED) is 0.778. The molecule has 1 unspecified atom stereocenters. The van der Waals surface area contributed by atoms with Gasteiger partial charge in [-0.15, -0.1) is 0 Å². The summed E-state index contributed by atoms with van der Waals surface area (Å²) in [4.78, 5) is 13.3. The highest BCUT2D eigenvalue weighted by Crippen LogP contribution is 2.22. The minimum absolute atomic E-state index is 0.213. The second-order valence-corrected chi connectivity index (χ2v) is 4.62. The molecule has 0 aromatic rings. The second-order valence-electron chi connectivity index (χ2n) is 4.62. The molecule has 1 heterocycles. The molecule has 5 heteroatoms. The normalized spacial score (nSPS) is 20.4. The van der Waals surface area contributed by atoms with Crippen molar-refractivity contribution in [3.8, 4) is 6.07 Å². The maximum absolute atomic E-state index is 11.9. The summed E-state index contributed by atoms with van der Waals surface area (Å²) in [6.07, 6.45) is 1.57. The zero-order valence-electron chi connectivity index (χ0n) is 10.5. The molecule has 1 atom stereocenters. The number of carbonyl (C=O) groups excluding carboxylic acids is 1. The Balaban J connectivity index is 2.56. The SMILES string of the molecule is CCC(C#N)C(=O)N(C)CC1(O)CCOCC1. The number of hydrogen-bond acceptors (Lipinski definition) is 4. The highest BCUT2D eigenvalue weighted by molar-refractivity contribution is 5.80. The molecule has 1 aliphatic heterocycles. The minimum atomic E-state index is -0.865. The van der Waals surface area contributed by atoms with Crippen molar-refractivity contribution < 1.29 is 14.6 Å². The standard InChI is InChI=1S/C12H20N2O3/c1-3-10(8-13)11(15)14(2)9-12(16)4-6-17-7-5-12/h10,16H,3-7,9H2,1-2H3. The van der Waals surface area contributed by atoms with Crippen LogP contribution in [0.1, 0.15) is 26.2 Å². The smallest absolute Gasteiger partial charge is 0.239 e. The van der Waals surface area contributed by atoms with Crippen LogP contribution in [0.3, 0.4) is 0 Å². The molecule has 0 spiro atoms. The Kier molecular flexibility index (Phi) is 4.91. The number of likely N-dealkylation sites (N-methyl/N-ethyl adjacent to an activating group) is 1. The molecule has 1 N–H and O–H groups in total. The Morgan fingerprint density at radius 2 is 2.18 bits per heavy atom. The van der Waals surface area contributed by atoms with Crippen molar-refractivity contribution in [2.75, 3.05) is 26.8 Å². The molecule has 0 aliphatic carbocycles. The van der Waals surface area contributed by atoms with Crippen LogP contribution in [0.2, 0.25) is 0 Å². The Morgan fingerprint density at radius 1 is 1.59 bits per heavy atom. The van der Waals surface area contributed by atoms with Gasteiger partial charge in [-0.1, -0.05) is 6.92 Å². The van der Waals surface area contributed by atoms with Crippen LogP contribution in [-0.4, -0.2) is 48.3 Å². The van der Waals surface area contributed by atoms with E-state index in [-0.39, 0.29) is 12.5 Å². The van der Waals surface area contributed by atoms with Crippen molar-refractivity contribution in [3.05, 3.63) is 0 Å². The number of amides is 1. The van der Waals surface area contributed by atoms with Crippen molar-refractivity contribution >= 4 is 5.91 Å². The van der Waals surface area contributed by atoms with Gasteiger partial charge in [0.05, 0.1) is 11.7 Å². The summed E-state index contributed by atoms with van der Waals surface area (Å²) in [6, 6.07) is 1.98. The first-order valence-corrected chi connectivity index (χ1v) is 5.97. The summed E-state index contributed by atoms with van der Waals surface area (Å²) in [5.74, 6) is -0.821. The van der Waals surface area contributed by atoms with Gasteiger partial charge < -0.3 is 14.7 Å². The van der Waals surface area contributed by atoms with Gasteiger partial charge in [0.1, 0.15) is 5.92 Å². The van der Waals surface area contributed by atoms with Crippen LogP contribution in [0.4, 0.5) is 0 Å². The predicted molar refractivity (Wildman–Crippen MR) is 62.0 cm³/mol. The maximum Gasteiger partial charge on any atom is 0.239 e. The molecule has 1 rings (SSSR count). The Bertz CT molecular complexity index is 305. The van der Waals surface area contributed by atoms with Crippen LogP contribution in [0.5, 0.6) is 0 Å². The van der Waals surface area contributed by atoms with Crippen LogP contribution in [0.25, 0.3) is 0 Å². The van der Waals surface area contributed by atoms with Crippen molar-refractivity contribution in [3.63, 3.8) is 0 Å². The number of nitriles is 1. The first-order chi connectivity index (χ1) is 8.02. The van der Waals surface area contributed by atoms with E-state index in [4.69, 9.17) is 10.00 Å². The van der Waals surface area contributed by atoms with Crippen molar-refractivity contribution in [1.82, 2.24) is 4.90 Å². The van der Waals surface area contributed by atoms with E-state index in [0.717, 1.165) is 0 Å². The zero-order valence-corrected chi connectivity index (χ0v) is 10.5. The number of aliphatic hydroxyl groups is 1. The molecule has 0 radical (unpaired) electrons. The summed E-state index contributed by atoms with van der Waals surface area (Å²) in [6.45, 7) is 3.12. The predicted octanol–water partition coefficient (Wildman–Crippen LogP) is 0.536. The van der Waals surface area contributed by atoms with Gasteiger partial charge in [0.2, 0.25) is 5.91 Å². The lowest BCUT2D eigenvalue weighted by Crippen LogP contribution is -2.48. The first-order valence-electron chi connectivity index (χ1n) is 5.97. The molecule has 5 nitrogen and oxygen atoms in total. The lowest BCUT2D eigenvalue weighted by molar-refractivity contribution is -0.139. The fourth-order valence-corrected chi connectivity index (χ4v) is 2.02. The van der Waals surface area contributed by atoms with Crippen LogP contribution in [-0.2, 0) is 9.53 Å². The molecule has 0 saturated carbocycles. The highest BCUT2D eigenvalue weighted by atomic mass is 16.5. The average molecular weight is 240 g/mol. The van der Waals surface area contributed by atoms with Gasteiger partial charge in [-0.3, -0.25) is 4.79 Å². The summed E-state index contributed by atoms with van der Waals surface area (Å²) in [5, 5.41) is 19.1. The van der Waals surface area contributed by atoms with Gasteiger partial charge in [0.25, 0.3) is 0 Å². The van der Waals surface area contributed by atoms with Gasteiger partial charge in [0, 0.05) is 39.6 Å². The summed E-state index contributed by atoms with van der Waals surface area (Å²) in [5.41, 5.74) is -0.865. The van der Waals surface area contributed by atoms with E-state index in [1.807, 2.05) is 13.0 Å². The molecular formula is C12H20N2O3. The largest absolute Gasteiger partial charge is 0.388 e. The van der Waals surface area contributed by atoms with Gasteiger partial charge in [-0.25, -0.2) is 0 Å². The molecule has 0 aromatic heterocycles. The van der Waals surface area contributed by atoms with E-state index >= 15 is 0 Å². The third-order valence-corrected chi connectivity index (χ3v) is 3.19. The number of hydrogen-bond donors (Lipinski definition) is 1. The van der Waals surface area contributed by atoms with Crippen molar-refractivity contribution in [2.45, 2.75) is 31.8 Å². The molecule has 17 heavy (non-hydrogen) atoms. The topological polar surface area (TPSA) is 73.6 Å². The molecule has 1 amide bonds. The van der Waals surface area contributed by atoms with E-state index in [9.17, 15) is 9.90 Å². The van der Waals surface area contributed by atoms with Crippen LogP contribution >= 0.6 is 0 Å². The fraction of sp³-hybridized carbons (Fsp3) is 0.833. The average Bonchev–Trinajstić information content (AvgIpc) is 2.30. The van der Waals surface area contributed by atoms with Crippen molar-refractivity contribution in [2.24, 2.45) is 5.92 Å². The minimum Gasteiger partial charge on any atom is -0.388 e. The summed E-state index contributed by atoms with van der Waals surface area (Å²) in [7, 11) is 1.63. The number of carbonyl (C=O) groups is 1. The number of ether oxygens (including phenoxy) is 1. The van der Waals surface area contributed by atoms with Gasteiger partial charge in [-0.05, 0) is 6.42 Å². The van der Waals surface area contributed by atoms with Gasteiger partial charge in [0.15, 0.2) is 0 Å². The summed E-state index contributed by atoms with van der Waals surface area (Å²) >= 11 is 0. The van der Waals surface area contributed by atoms with E-state index in [2.05, 4.69) is 0 Å². The van der Waals surface area contributed by atoms with E-state index in [1.54, 1.807) is 7.05 Å². The molecule has 0 aromatic carbocycles. The Labute approximate surface area is 102 Å². The van der Waals surface area contributed by atoms with Crippen molar-refractivity contribution in [1.29, 1.82) is 5.26 Å². The third kappa shape index (κ3) is 3.69. The zero-order chi connectivity index (χ0) is 12.9. The van der Waals surface area contributed by atoms with Gasteiger partial charge in [-0.2, -0.15) is 5.26 Å². The van der Waals surface area contributed by atoms with E-state index < -0.39 is 11.5 Å². The molecule has 0 bridgehead atoms. The Morgan fingerprint density at radius 3 is 2.65 bits per heavy atom. The van der Waals surface area contributed by atoms with Crippen LogP contribution < -0.4 is 0 Å². The third-order valence-electron chi connectivity index (χ3n) is 3.19. The number of rotatable bonds is 4. The maximum atomic E-state index is 11.9. The molecule has 1 aliphatic rings. The molecular weight excluding hydrogens is 220 g/mol. The first kappa shape index (κ1) is 13.9. The molecule has 1 saturated heterocycles. The lowest BCUT2D eigenvalue weighted by Gasteiger charge is -2.35. The summed E-state index contributed by atoms with van der Waals surface area (Å²) < 4.78 is 5.18. The van der Waals surface area contributed by atoms with Crippen LogP contribution in [0, 0.1) is 17.2 Å². The second kappa shape index (κ2) is 5.99. The number of nitrogens with zero attached hydrogens (tertiary/aromatic N) is 2. The lowest BCUT2D eigenvalue weighted by atomic mass is 9.93. The van der Waals surface area contributed by atoms with E-state index in [1.165, 1.54) is 4.90 Å².